The third-order valence-corrected chi connectivity index (χ3v) is 2.72. The SMILES string of the molecule is CC.c1ccc(-c2nccc3ccccc23)cc1. The summed E-state index contributed by atoms with van der Waals surface area (Å²) in [6.07, 6.45) is 1.87. The predicted octanol–water partition coefficient (Wildman–Crippen LogP) is 4.93. The fraction of sp³-hybridized carbons (Fsp3) is 0.118. The fourth-order valence-corrected chi connectivity index (χ4v) is 1.95. The molecule has 3 rings (SSSR count). The average molecular weight is 235 g/mol. The van der Waals surface area contributed by atoms with Gasteiger partial charge in [0.2, 0.25) is 0 Å². The van der Waals surface area contributed by atoms with Crippen LogP contribution in [0.5, 0.6) is 0 Å². The second kappa shape index (κ2) is 5.97. The zero-order valence-electron chi connectivity index (χ0n) is 10.8. The Morgan fingerprint density at radius 1 is 0.722 bits per heavy atom. The van der Waals surface area contributed by atoms with Crippen LogP contribution in [0.15, 0.2) is 66.9 Å². The Hall–Kier alpha value is -2.15. The van der Waals surface area contributed by atoms with Crippen LogP contribution in [0.25, 0.3) is 22.0 Å². The van der Waals surface area contributed by atoms with E-state index in [9.17, 15) is 0 Å². The van der Waals surface area contributed by atoms with Gasteiger partial charge in [-0.2, -0.15) is 0 Å². The molecular formula is C17H17N. The highest BCUT2D eigenvalue weighted by Crippen LogP contribution is 2.25. The van der Waals surface area contributed by atoms with Crippen LogP contribution < -0.4 is 0 Å². The molecule has 0 saturated heterocycles. The molecule has 0 saturated carbocycles. The Balaban J connectivity index is 0.000000574. The lowest BCUT2D eigenvalue weighted by Crippen LogP contribution is -1.84. The van der Waals surface area contributed by atoms with Gasteiger partial charge in [0.25, 0.3) is 0 Å². The molecule has 0 radical (unpaired) electrons. The van der Waals surface area contributed by atoms with Gasteiger partial charge < -0.3 is 0 Å². The molecule has 0 aliphatic carbocycles. The lowest BCUT2D eigenvalue weighted by atomic mass is 10.0. The van der Waals surface area contributed by atoms with Gasteiger partial charge in [-0.25, -0.2) is 0 Å². The number of fused-ring (bicyclic) bond motifs is 1. The van der Waals surface area contributed by atoms with E-state index in [-0.39, 0.29) is 0 Å². The molecule has 0 fully saturated rings. The van der Waals surface area contributed by atoms with E-state index in [1.807, 2.05) is 44.3 Å². The second-order valence-corrected chi connectivity index (χ2v) is 3.75. The van der Waals surface area contributed by atoms with E-state index in [0.717, 1.165) is 5.69 Å². The maximum atomic E-state index is 4.48. The summed E-state index contributed by atoms with van der Waals surface area (Å²) in [7, 11) is 0. The molecule has 0 spiro atoms. The topological polar surface area (TPSA) is 12.9 Å². The van der Waals surface area contributed by atoms with Crippen molar-refractivity contribution in [2.45, 2.75) is 13.8 Å². The van der Waals surface area contributed by atoms with Crippen LogP contribution in [0.3, 0.4) is 0 Å². The molecule has 0 aliphatic rings. The van der Waals surface area contributed by atoms with Crippen molar-refractivity contribution in [3.63, 3.8) is 0 Å². The van der Waals surface area contributed by atoms with Gasteiger partial charge in [-0.1, -0.05) is 68.4 Å². The minimum Gasteiger partial charge on any atom is -0.256 e. The zero-order chi connectivity index (χ0) is 12.8. The molecule has 1 aromatic heterocycles. The van der Waals surface area contributed by atoms with Crippen molar-refractivity contribution in [1.82, 2.24) is 4.98 Å². The fourth-order valence-electron chi connectivity index (χ4n) is 1.95. The standard InChI is InChI=1S/C15H11N.C2H6/c1-2-7-13(8-3-1)15-14-9-5-4-6-12(14)10-11-16-15;1-2/h1-11H;1-2H3. The summed E-state index contributed by atoms with van der Waals surface area (Å²) in [5.41, 5.74) is 2.22. The van der Waals surface area contributed by atoms with Crippen LogP contribution in [-0.4, -0.2) is 4.98 Å². The Labute approximate surface area is 108 Å². The van der Waals surface area contributed by atoms with Gasteiger partial charge in [-0.05, 0) is 11.5 Å². The van der Waals surface area contributed by atoms with E-state index in [1.165, 1.54) is 16.3 Å². The third-order valence-electron chi connectivity index (χ3n) is 2.72. The first-order valence-electron chi connectivity index (χ1n) is 6.34. The van der Waals surface area contributed by atoms with Gasteiger partial charge >= 0.3 is 0 Å². The molecule has 0 bridgehead atoms. The first kappa shape index (κ1) is 12.3. The van der Waals surface area contributed by atoms with E-state index in [0.29, 0.717) is 0 Å². The van der Waals surface area contributed by atoms with Crippen LogP contribution in [-0.2, 0) is 0 Å². The normalized spacial score (nSPS) is 9.67. The number of hydrogen-bond donors (Lipinski definition) is 0. The number of rotatable bonds is 1. The minimum atomic E-state index is 1.05. The number of pyridine rings is 1. The van der Waals surface area contributed by atoms with Crippen molar-refractivity contribution in [3.05, 3.63) is 66.9 Å². The van der Waals surface area contributed by atoms with Crippen molar-refractivity contribution >= 4 is 10.8 Å². The van der Waals surface area contributed by atoms with Crippen molar-refractivity contribution in [2.24, 2.45) is 0 Å². The molecular weight excluding hydrogens is 218 g/mol. The summed E-state index contributed by atoms with van der Waals surface area (Å²) < 4.78 is 0. The summed E-state index contributed by atoms with van der Waals surface area (Å²) in [5, 5.41) is 2.44. The molecule has 3 aromatic rings. The number of hydrogen-bond acceptors (Lipinski definition) is 1. The van der Waals surface area contributed by atoms with Gasteiger partial charge in [-0.15, -0.1) is 0 Å². The van der Waals surface area contributed by atoms with Crippen LogP contribution >= 0.6 is 0 Å². The quantitative estimate of drug-likeness (QED) is 0.583. The first-order chi connectivity index (χ1) is 8.95. The van der Waals surface area contributed by atoms with Crippen LogP contribution in [0, 0.1) is 0 Å². The minimum absolute atomic E-state index is 1.05. The summed E-state index contributed by atoms with van der Waals surface area (Å²) in [4.78, 5) is 4.48. The Morgan fingerprint density at radius 3 is 2.17 bits per heavy atom. The molecule has 0 N–H and O–H groups in total. The van der Waals surface area contributed by atoms with E-state index in [1.54, 1.807) is 0 Å². The van der Waals surface area contributed by atoms with Crippen molar-refractivity contribution in [3.8, 4) is 11.3 Å². The van der Waals surface area contributed by atoms with E-state index >= 15 is 0 Å². The van der Waals surface area contributed by atoms with Gasteiger partial charge in [0, 0.05) is 17.1 Å². The maximum absolute atomic E-state index is 4.48. The van der Waals surface area contributed by atoms with Crippen molar-refractivity contribution in [2.75, 3.05) is 0 Å². The lowest BCUT2D eigenvalue weighted by Gasteiger charge is -2.04. The number of aromatic nitrogens is 1. The summed E-state index contributed by atoms with van der Waals surface area (Å²) in [6, 6.07) is 20.7. The maximum Gasteiger partial charge on any atom is 0.0780 e. The first-order valence-corrected chi connectivity index (χ1v) is 6.34. The largest absolute Gasteiger partial charge is 0.256 e. The van der Waals surface area contributed by atoms with Gasteiger partial charge in [0.05, 0.1) is 5.69 Å². The third kappa shape index (κ3) is 2.40. The van der Waals surface area contributed by atoms with E-state index in [4.69, 9.17) is 0 Å². The Morgan fingerprint density at radius 2 is 1.39 bits per heavy atom. The lowest BCUT2D eigenvalue weighted by molar-refractivity contribution is 1.36. The Bertz CT molecular complexity index is 609. The highest BCUT2D eigenvalue weighted by Gasteiger charge is 2.03. The molecule has 18 heavy (non-hydrogen) atoms. The molecule has 1 heteroatoms. The highest BCUT2D eigenvalue weighted by atomic mass is 14.7. The predicted molar refractivity (Wildman–Crippen MR) is 78.5 cm³/mol. The van der Waals surface area contributed by atoms with Crippen LogP contribution in [0.4, 0.5) is 0 Å². The van der Waals surface area contributed by atoms with Crippen molar-refractivity contribution in [1.29, 1.82) is 0 Å². The van der Waals surface area contributed by atoms with E-state index < -0.39 is 0 Å². The van der Waals surface area contributed by atoms with Crippen molar-refractivity contribution < 1.29 is 0 Å². The van der Waals surface area contributed by atoms with Gasteiger partial charge in [-0.3, -0.25) is 4.98 Å². The highest BCUT2D eigenvalue weighted by molar-refractivity contribution is 5.94. The molecule has 90 valence electrons. The number of benzene rings is 2. The average Bonchev–Trinajstić information content (AvgIpc) is 2.50. The van der Waals surface area contributed by atoms with Gasteiger partial charge in [0.1, 0.15) is 0 Å². The molecule has 1 heterocycles. The zero-order valence-corrected chi connectivity index (χ0v) is 10.8. The molecule has 1 nitrogen and oxygen atoms in total. The molecule has 2 aromatic carbocycles. The second-order valence-electron chi connectivity index (χ2n) is 3.75. The molecule has 0 aliphatic heterocycles. The van der Waals surface area contributed by atoms with Crippen LogP contribution in [0.1, 0.15) is 13.8 Å². The Kier molecular flexibility index (Phi) is 4.08. The van der Waals surface area contributed by atoms with E-state index in [2.05, 4.69) is 41.4 Å². The van der Waals surface area contributed by atoms with Gasteiger partial charge in [0.15, 0.2) is 0 Å². The summed E-state index contributed by atoms with van der Waals surface area (Å²) >= 11 is 0. The monoisotopic (exact) mass is 235 g/mol. The molecule has 0 atom stereocenters. The summed E-state index contributed by atoms with van der Waals surface area (Å²) in [5.74, 6) is 0. The smallest absolute Gasteiger partial charge is 0.0780 e. The molecule has 0 amide bonds. The number of nitrogens with zero attached hydrogens (tertiary/aromatic N) is 1. The molecule has 0 unspecified atom stereocenters. The summed E-state index contributed by atoms with van der Waals surface area (Å²) in [6.45, 7) is 4.00. The van der Waals surface area contributed by atoms with Crippen LogP contribution in [0.2, 0.25) is 0 Å².